The number of nitrogens with two attached hydrogens (primary N) is 1. The lowest BCUT2D eigenvalue weighted by molar-refractivity contribution is -0.118. The van der Waals surface area contributed by atoms with Crippen molar-refractivity contribution in [3.63, 3.8) is 0 Å². The quantitative estimate of drug-likeness (QED) is 0.316. The normalized spacial score (nSPS) is 12.8. The average Bonchev–Trinajstić information content (AvgIpc) is 2.40. The fourth-order valence-corrected chi connectivity index (χ4v) is 1.66. The molecule has 0 saturated carbocycles. The summed E-state index contributed by atoms with van der Waals surface area (Å²) in [5, 5.41) is 14.2. The highest BCUT2D eigenvalue weighted by atomic mass is 16.5. The second-order valence-corrected chi connectivity index (χ2v) is 3.94. The summed E-state index contributed by atoms with van der Waals surface area (Å²) in [5.74, 6) is -0.384. The zero-order chi connectivity index (χ0) is 14.3. The number of carbonyl (C=O) groups is 1. The van der Waals surface area contributed by atoms with Crippen molar-refractivity contribution in [2.45, 2.75) is 20.3 Å². The first-order chi connectivity index (χ1) is 9.12. The van der Waals surface area contributed by atoms with Gasteiger partial charge in [-0.25, -0.2) is 0 Å². The summed E-state index contributed by atoms with van der Waals surface area (Å²) >= 11 is 0. The Morgan fingerprint density at radius 1 is 1.53 bits per heavy atom. The fourth-order valence-electron chi connectivity index (χ4n) is 1.66. The Bertz CT molecular complexity index is 460. The van der Waals surface area contributed by atoms with E-state index in [1.165, 1.54) is 0 Å². The van der Waals surface area contributed by atoms with Crippen molar-refractivity contribution in [3.8, 4) is 5.75 Å². The van der Waals surface area contributed by atoms with Crippen LogP contribution in [0.4, 0.5) is 5.69 Å². The van der Waals surface area contributed by atoms with Crippen molar-refractivity contribution in [1.29, 1.82) is 0 Å². The molecular weight excluding hydrogens is 246 g/mol. The van der Waals surface area contributed by atoms with E-state index < -0.39 is 5.92 Å². The van der Waals surface area contributed by atoms with Crippen LogP contribution in [0.3, 0.4) is 0 Å². The van der Waals surface area contributed by atoms with Crippen LogP contribution >= 0.6 is 0 Å². The molecule has 0 radical (unpaired) electrons. The van der Waals surface area contributed by atoms with E-state index in [0.29, 0.717) is 24.5 Å². The van der Waals surface area contributed by atoms with Crippen LogP contribution in [0, 0.1) is 5.92 Å². The maximum Gasteiger partial charge on any atom is 0.235 e. The standard InChI is InChI=1S/C13H19N3O3/c1-3-11(12(14)16-18)13(17)15-9-6-5-7-10(8-9)19-4-2/h5-8,11,18H,3-4H2,1-2H3,(H2,14,16)(H,15,17). The van der Waals surface area contributed by atoms with Gasteiger partial charge in [0.05, 0.1) is 12.5 Å². The number of anilines is 1. The predicted molar refractivity (Wildman–Crippen MR) is 73.4 cm³/mol. The van der Waals surface area contributed by atoms with Gasteiger partial charge in [0.25, 0.3) is 0 Å². The molecule has 0 spiro atoms. The Kier molecular flexibility index (Phi) is 5.66. The molecule has 6 nitrogen and oxygen atoms in total. The van der Waals surface area contributed by atoms with Crippen molar-refractivity contribution < 1.29 is 14.7 Å². The van der Waals surface area contributed by atoms with E-state index in [0.717, 1.165) is 0 Å². The molecule has 4 N–H and O–H groups in total. The van der Waals surface area contributed by atoms with Crippen LogP contribution in [0.1, 0.15) is 20.3 Å². The Hall–Kier alpha value is -2.24. The minimum Gasteiger partial charge on any atom is -0.494 e. The minimum absolute atomic E-state index is 0.0963. The number of oxime groups is 1. The number of nitrogens with zero attached hydrogens (tertiary/aromatic N) is 1. The number of hydrogen-bond donors (Lipinski definition) is 3. The number of amidine groups is 1. The molecule has 0 aromatic heterocycles. The molecular formula is C13H19N3O3. The number of rotatable bonds is 6. The maximum atomic E-state index is 12.0. The summed E-state index contributed by atoms with van der Waals surface area (Å²) in [7, 11) is 0. The van der Waals surface area contributed by atoms with Gasteiger partial charge in [-0.2, -0.15) is 0 Å². The summed E-state index contributed by atoms with van der Waals surface area (Å²) in [5.41, 5.74) is 6.09. The molecule has 0 aliphatic heterocycles. The van der Waals surface area contributed by atoms with E-state index in [-0.39, 0.29) is 11.7 Å². The fraction of sp³-hybridized carbons (Fsp3) is 0.385. The highest BCUT2D eigenvalue weighted by Crippen LogP contribution is 2.18. The Balaban J connectivity index is 2.78. The number of benzene rings is 1. The molecule has 6 heteroatoms. The Labute approximate surface area is 112 Å². The zero-order valence-corrected chi connectivity index (χ0v) is 11.1. The third-order valence-corrected chi connectivity index (χ3v) is 2.61. The predicted octanol–water partition coefficient (Wildman–Crippen LogP) is 1.80. The molecule has 1 amide bonds. The van der Waals surface area contributed by atoms with Crippen LogP contribution < -0.4 is 15.8 Å². The monoisotopic (exact) mass is 265 g/mol. The minimum atomic E-state index is -0.652. The van der Waals surface area contributed by atoms with Crippen LogP contribution in [0.2, 0.25) is 0 Å². The van der Waals surface area contributed by atoms with Crippen LogP contribution in [0.15, 0.2) is 29.4 Å². The van der Waals surface area contributed by atoms with Gasteiger partial charge in [-0.3, -0.25) is 4.79 Å². The van der Waals surface area contributed by atoms with Gasteiger partial charge >= 0.3 is 0 Å². The van der Waals surface area contributed by atoms with Gasteiger partial charge in [-0.15, -0.1) is 0 Å². The summed E-state index contributed by atoms with van der Waals surface area (Å²) in [6.07, 6.45) is 0.451. The Morgan fingerprint density at radius 3 is 2.84 bits per heavy atom. The maximum absolute atomic E-state index is 12.0. The first-order valence-electron chi connectivity index (χ1n) is 6.13. The van der Waals surface area contributed by atoms with Crippen molar-refractivity contribution in [2.75, 3.05) is 11.9 Å². The van der Waals surface area contributed by atoms with Crippen LogP contribution in [0.25, 0.3) is 0 Å². The average molecular weight is 265 g/mol. The van der Waals surface area contributed by atoms with Crippen LogP contribution in [-0.4, -0.2) is 23.6 Å². The second kappa shape index (κ2) is 7.25. The van der Waals surface area contributed by atoms with Gasteiger partial charge in [0.2, 0.25) is 5.91 Å². The molecule has 104 valence electrons. The molecule has 1 aromatic carbocycles. The van der Waals surface area contributed by atoms with E-state index in [2.05, 4.69) is 10.5 Å². The van der Waals surface area contributed by atoms with E-state index >= 15 is 0 Å². The summed E-state index contributed by atoms with van der Waals surface area (Å²) in [6, 6.07) is 7.06. The van der Waals surface area contributed by atoms with Gasteiger partial charge in [0.1, 0.15) is 5.75 Å². The van der Waals surface area contributed by atoms with E-state index in [1.807, 2.05) is 6.92 Å². The molecule has 0 aliphatic rings. The third-order valence-electron chi connectivity index (χ3n) is 2.61. The molecule has 1 aromatic rings. The van der Waals surface area contributed by atoms with E-state index in [1.54, 1.807) is 31.2 Å². The number of nitrogens with one attached hydrogen (secondary N) is 1. The molecule has 1 atom stereocenters. The SMILES string of the molecule is CCOc1cccc(NC(=O)C(CC)C(N)=NO)c1. The van der Waals surface area contributed by atoms with Gasteiger partial charge in [-0.1, -0.05) is 18.1 Å². The van der Waals surface area contributed by atoms with Gasteiger partial charge in [0.15, 0.2) is 5.84 Å². The highest BCUT2D eigenvalue weighted by Gasteiger charge is 2.21. The third kappa shape index (κ3) is 4.17. The van der Waals surface area contributed by atoms with Gasteiger partial charge in [0, 0.05) is 11.8 Å². The first kappa shape index (κ1) is 14.8. The molecule has 0 heterocycles. The summed E-state index contributed by atoms with van der Waals surface area (Å²) in [4.78, 5) is 12.0. The topological polar surface area (TPSA) is 96.9 Å². The van der Waals surface area contributed by atoms with Crippen molar-refractivity contribution in [1.82, 2.24) is 0 Å². The lowest BCUT2D eigenvalue weighted by atomic mass is 10.0. The highest BCUT2D eigenvalue weighted by molar-refractivity contribution is 6.07. The first-order valence-corrected chi connectivity index (χ1v) is 6.13. The van der Waals surface area contributed by atoms with Crippen LogP contribution in [-0.2, 0) is 4.79 Å². The van der Waals surface area contributed by atoms with Crippen molar-refractivity contribution in [3.05, 3.63) is 24.3 Å². The van der Waals surface area contributed by atoms with Crippen molar-refractivity contribution >= 4 is 17.4 Å². The van der Waals surface area contributed by atoms with Gasteiger partial charge < -0.3 is 21.0 Å². The number of hydrogen-bond acceptors (Lipinski definition) is 4. The molecule has 0 bridgehead atoms. The van der Waals surface area contributed by atoms with Gasteiger partial charge in [-0.05, 0) is 25.5 Å². The largest absolute Gasteiger partial charge is 0.494 e. The molecule has 0 aliphatic carbocycles. The lowest BCUT2D eigenvalue weighted by Gasteiger charge is -2.14. The van der Waals surface area contributed by atoms with E-state index in [4.69, 9.17) is 15.7 Å². The summed E-state index contributed by atoms with van der Waals surface area (Å²) < 4.78 is 5.34. The number of ether oxygens (including phenoxy) is 1. The molecule has 1 unspecified atom stereocenters. The van der Waals surface area contributed by atoms with Crippen molar-refractivity contribution in [2.24, 2.45) is 16.8 Å². The van der Waals surface area contributed by atoms with E-state index in [9.17, 15) is 4.79 Å². The molecule has 0 saturated heterocycles. The number of amides is 1. The molecule has 19 heavy (non-hydrogen) atoms. The zero-order valence-electron chi connectivity index (χ0n) is 11.1. The lowest BCUT2D eigenvalue weighted by Crippen LogP contribution is -2.34. The molecule has 0 fully saturated rings. The second-order valence-electron chi connectivity index (χ2n) is 3.94. The number of carbonyl (C=O) groups excluding carboxylic acids is 1. The molecule has 1 rings (SSSR count). The van der Waals surface area contributed by atoms with Crippen LogP contribution in [0.5, 0.6) is 5.75 Å². The Morgan fingerprint density at radius 2 is 2.26 bits per heavy atom. The smallest absolute Gasteiger partial charge is 0.235 e. The summed E-state index contributed by atoms with van der Waals surface area (Å²) in [6.45, 7) is 4.23.